The predicted molar refractivity (Wildman–Crippen MR) is 104 cm³/mol. The molecule has 1 aliphatic rings. The monoisotopic (exact) mass is 380 g/mol. The van der Waals surface area contributed by atoms with E-state index in [0.29, 0.717) is 54.1 Å². The van der Waals surface area contributed by atoms with Crippen LogP contribution in [0.2, 0.25) is 0 Å². The van der Waals surface area contributed by atoms with Crippen LogP contribution < -0.4 is 24.3 Å². The Morgan fingerprint density at radius 3 is 2.75 bits per heavy atom. The Bertz CT molecular complexity index is 946. The van der Waals surface area contributed by atoms with E-state index in [2.05, 4.69) is 5.32 Å². The van der Waals surface area contributed by atoms with Crippen molar-refractivity contribution in [2.75, 3.05) is 32.2 Å². The van der Waals surface area contributed by atoms with Crippen molar-refractivity contribution in [1.82, 2.24) is 0 Å². The van der Waals surface area contributed by atoms with E-state index in [9.17, 15) is 10.1 Å². The molecule has 3 rings (SSSR count). The minimum absolute atomic E-state index is 0.0677. The minimum Gasteiger partial charge on any atom is -0.492 e. The summed E-state index contributed by atoms with van der Waals surface area (Å²) in [6.07, 6.45) is 1.47. The zero-order chi connectivity index (χ0) is 19.9. The van der Waals surface area contributed by atoms with Crippen LogP contribution in [0, 0.1) is 11.3 Å². The number of para-hydroxylation sites is 1. The highest BCUT2D eigenvalue weighted by Crippen LogP contribution is 2.34. The fourth-order valence-corrected chi connectivity index (χ4v) is 2.76. The first-order valence-corrected chi connectivity index (χ1v) is 8.79. The van der Waals surface area contributed by atoms with Gasteiger partial charge in [0.25, 0.3) is 5.91 Å². The van der Waals surface area contributed by atoms with Crippen molar-refractivity contribution < 1.29 is 23.7 Å². The number of nitrogens with one attached hydrogen (secondary N) is 1. The zero-order valence-electron chi connectivity index (χ0n) is 15.7. The van der Waals surface area contributed by atoms with Crippen LogP contribution in [-0.4, -0.2) is 32.8 Å². The maximum atomic E-state index is 12.6. The number of hydrogen-bond acceptors (Lipinski definition) is 6. The van der Waals surface area contributed by atoms with Crippen molar-refractivity contribution in [2.24, 2.45) is 0 Å². The van der Waals surface area contributed by atoms with E-state index < -0.39 is 5.91 Å². The molecule has 2 aromatic rings. The summed E-state index contributed by atoms with van der Waals surface area (Å²) in [5.41, 5.74) is 1.01. The van der Waals surface area contributed by atoms with Gasteiger partial charge in [-0.1, -0.05) is 12.1 Å². The third-order valence-electron chi connectivity index (χ3n) is 3.98. The van der Waals surface area contributed by atoms with E-state index in [1.165, 1.54) is 13.2 Å². The van der Waals surface area contributed by atoms with Crippen molar-refractivity contribution in [2.45, 2.75) is 6.92 Å². The molecule has 0 saturated heterocycles. The molecule has 1 N–H and O–H groups in total. The van der Waals surface area contributed by atoms with Crippen LogP contribution in [0.15, 0.2) is 42.0 Å². The molecule has 1 heterocycles. The third kappa shape index (κ3) is 4.18. The number of amides is 1. The number of benzene rings is 2. The maximum absolute atomic E-state index is 12.6. The molecule has 0 atom stereocenters. The summed E-state index contributed by atoms with van der Waals surface area (Å²) >= 11 is 0. The largest absolute Gasteiger partial charge is 0.492 e. The average molecular weight is 380 g/mol. The normalized spacial score (nSPS) is 12.7. The molecule has 0 aromatic heterocycles. The van der Waals surface area contributed by atoms with Crippen molar-refractivity contribution in [3.05, 3.63) is 47.5 Å². The number of anilines is 1. The van der Waals surface area contributed by atoms with Crippen LogP contribution in [0.5, 0.6) is 23.0 Å². The van der Waals surface area contributed by atoms with E-state index >= 15 is 0 Å². The highest BCUT2D eigenvalue weighted by Gasteiger charge is 2.16. The molecule has 0 saturated carbocycles. The van der Waals surface area contributed by atoms with Crippen LogP contribution >= 0.6 is 0 Å². The van der Waals surface area contributed by atoms with Gasteiger partial charge in [0.2, 0.25) is 0 Å². The molecule has 144 valence electrons. The second-order valence-corrected chi connectivity index (χ2v) is 5.79. The topological polar surface area (TPSA) is 89.8 Å². The van der Waals surface area contributed by atoms with Crippen LogP contribution in [0.1, 0.15) is 12.5 Å². The number of rotatable bonds is 6. The molecule has 0 fully saturated rings. The number of hydrogen-bond donors (Lipinski definition) is 1. The highest BCUT2D eigenvalue weighted by molar-refractivity contribution is 6.10. The van der Waals surface area contributed by atoms with Gasteiger partial charge in [-0.05, 0) is 31.2 Å². The highest BCUT2D eigenvalue weighted by atomic mass is 16.6. The summed E-state index contributed by atoms with van der Waals surface area (Å²) in [4.78, 5) is 12.6. The number of fused-ring (bicyclic) bond motifs is 1. The van der Waals surface area contributed by atoms with Gasteiger partial charge in [0, 0.05) is 17.3 Å². The number of nitrogens with zero attached hydrogens (tertiary/aromatic N) is 1. The third-order valence-corrected chi connectivity index (χ3v) is 3.98. The van der Waals surface area contributed by atoms with E-state index in [1.54, 1.807) is 36.4 Å². The van der Waals surface area contributed by atoms with Gasteiger partial charge in [0.05, 0.1) is 13.7 Å². The number of methoxy groups -OCH3 is 1. The first kappa shape index (κ1) is 19.1. The SMILES string of the molecule is CCOc1cccc(/C=C(\C#N)C(=O)Nc2ccc3c(c2)OCCO3)c1OC. The van der Waals surface area contributed by atoms with Crippen LogP contribution in [0.25, 0.3) is 6.08 Å². The van der Waals surface area contributed by atoms with E-state index in [4.69, 9.17) is 18.9 Å². The lowest BCUT2D eigenvalue weighted by molar-refractivity contribution is -0.112. The fraction of sp³-hybridized carbons (Fsp3) is 0.238. The van der Waals surface area contributed by atoms with Crippen molar-refractivity contribution in [1.29, 1.82) is 5.26 Å². The summed E-state index contributed by atoms with van der Waals surface area (Å²) in [7, 11) is 1.51. The van der Waals surface area contributed by atoms with Crippen molar-refractivity contribution in [3.8, 4) is 29.1 Å². The minimum atomic E-state index is -0.539. The van der Waals surface area contributed by atoms with Gasteiger partial charge >= 0.3 is 0 Å². The first-order chi connectivity index (χ1) is 13.7. The van der Waals surface area contributed by atoms with Crippen molar-refractivity contribution in [3.63, 3.8) is 0 Å². The van der Waals surface area contributed by atoms with Gasteiger partial charge in [-0.2, -0.15) is 5.26 Å². The molecule has 0 bridgehead atoms. The van der Waals surface area contributed by atoms with Crippen LogP contribution in [-0.2, 0) is 4.79 Å². The lowest BCUT2D eigenvalue weighted by Crippen LogP contribution is -2.17. The molecule has 7 heteroatoms. The molecule has 1 amide bonds. The van der Waals surface area contributed by atoms with E-state index in [1.807, 2.05) is 13.0 Å². The Hall–Kier alpha value is -3.66. The van der Waals surface area contributed by atoms with Gasteiger partial charge in [-0.15, -0.1) is 0 Å². The second-order valence-electron chi connectivity index (χ2n) is 5.79. The van der Waals surface area contributed by atoms with Gasteiger partial charge in [-0.3, -0.25) is 4.79 Å². The molecule has 0 unspecified atom stereocenters. The molecule has 1 aliphatic heterocycles. The Morgan fingerprint density at radius 2 is 2.04 bits per heavy atom. The smallest absolute Gasteiger partial charge is 0.266 e. The Morgan fingerprint density at radius 1 is 1.25 bits per heavy atom. The lowest BCUT2D eigenvalue weighted by Gasteiger charge is -2.19. The van der Waals surface area contributed by atoms with Crippen LogP contribution in [0.4, 0.5) is 5.69 Å². The number of carbonyl (C=O) groups excluding carboxylic acids is 1. The summed E-state index contributed by atoms with van der Waals surface area (Å²) in [5, 5.41) is 12.2. The molecular weight excluding hydrogens is 360 g/mol. The number of ether oxygens (including phenoxy) is 4. The molecule has 7 nitrogen and oxygen atoms in total. The molecule has 0 radical (unpaired) electrons. The van der Waals surface area contributed by atoms with Crippen LogP contribution in [0.3, 0.4) is 0 Å². The Labute approximate surface area is 163 Å². The maximum Gasteiger partial charge on any atom is 0.266 e. The fourth-order valence-electron chi connectivity index (χ4n) is 2.76. The van der Waals surface area contributed by atoms with Gasteiger partial charge in [0.15, 0.2) is 23.0 Å². The quantitative estimate of drug-likeness (QED) is 0.610. The predicted octanol–water partition coefficient (Wildman–Crippen LogP) is 3.41. The molecule has 2 aromatic carbocycles. The number of nitriles is 1. The molecule has 0 aliphatic carbocycles. The standard InChI is InChI=1S/C21H20N2O5/c1-3-26-18-6-4-5-14(20(18)25-2)11-15(13-22)21(24)23-16-7-8-17-19(12-16)28-10-9-27-17/h4-8,11-12H,3,9-10H2,1-2H3,(H,23,24)/b15-11+. The van der Waals surface area contributed by atoms with Gasteiger partial charge < -0.3 is 24.3 Å². The lowest BCUT2D eigenvalue weighted by atomic mass is 10.1. The summed E-state index contributed by atoms with van der Waals surface area (Å²) in [6.45, 7) is 3.27. The Kier molecular flexibility index (Phi) is 6.02. The molecule has 0 spiro atoms. The first-order valence-electron chi connectivity index (χ1n) is 8.79. The van der Waals surface area contributed by atoms with Crippen molar-refractivity contribution >= 4 is 17.7 Å². The second kappa shape index (κ2) is 8.82. The summed E-state index contributed by atoms with van der Waals surface area (Å²) in [5.74, 6) is 1.64. The summed E-state index contributed by atoms with van der Waals surface area (Å²) in [6, 6.07) is 12.3. The summed E-state index contributed by atoms with van der Waals surface area (Å²) < 4.78 is 21.9. The number of carbonyl (C=O) groups is 1. The van der Waals surface area contributed by atoms with Gasteiger partial charge in [-0.25, -0.2) is 0 Å². The van der Waals surface area contributed by atoms with E-state index in [0.717, 1.165) is 0 Å². The molecule has 28 heavy (non-hydrogen) atoms. The molecular formula is C21H20N2O5. The van der Waals surface area contributed by atoms with E-state index in [-0.39, 0.29) is 5.57 Å². The zero-order valence-corrected chi connectivity index (χ0v) is 15.7. The van der Waals surface area contributed by atoms with Gasteiger partial charge in [0.1, 0.15) is 24.9 Å². The average Bonchev–Trinajstić information content (AvgIpc) is 2.72. The Balaban J connectivity index is 1.84.